The molecular weight excluding hydrogens is 356 g/mol. The van der Waals surface area contributed by atoms with Gasteiger partial charge in [-0.15, -0.1) is 11.3 Å². The van der Waals surface area contributed by atoms with Crippen molar-refractivity contribution in [3.8, 4) is 0 Å². The summed E-state index contributed by atoms with van der Waals surface area (Å²) in [5.41, 5.74) is 1.22. The van der Waals surface area contributed by atoms with Crippen molar-refractivity contribution in [2.45, 2.75) is 25.8 Å². The van der Waals surface area contributed by atoms with Gasteiger partial charge in [0.05, 0.1) is 19.0 Å². The summed E-state index contributed by atoms with van der Waals surface area (Å²) in [4.78, 5) is 25.8. The van der Waals surface area contributed by atoms with Crippen LogP contribution in [0.3, 0.4) is 0 Å². The van der Waals surface area contributed by atoms with Gasteiger partial charge in [0.2, 0.25) is 5.91 Å². The van der Waals surface area contributed by atoms with Crippen molar-refractivity contribution < 1.29 is 9.53 Å². The van der Waals surface area contributed by atoms with Crippen molar-refractivity contribution in [2.75, 3.05) is 45.1 Å². The average molecular weight is 381 g/mol. The molecule has 8 heteroatoms. The number of rotatable bonds is 6. The van der Waals surface area contributed by atoms with Crippen LogP contribution in [-0.4, -0.2) is 65.9 Å². The topological polar surface area (TPSA) is 67.4 Å². The molecule has 2 aromatic rings. The fraction of sp³-hybridized carbons (Fsp3) is 0.588. The summed E-state index contributed by atoms with van der Waals surface area (Å²) in [6.07, 6.45) is 0. The lowest BCUT2D eigenvalue weighted by Crippen LogP contribution is -2.41. The van der Waals surface area contributed by atoms with Crippen LogP contribution in [0.15, 0.2) is 5.03 Å². The van der Waals surface area contributed by atoms with Crippen molar-refractivity contribution >= 4 is 39.2 Å². The van der Waals surface area contributed by atoms with Gasteiger partial charge in [0, 0.05) is 36.4 Å². The predicted octanol–water partition coefficient (Wildman–Crippen LogP) is 2.16. The molecule has 1 N–H and O–H groups in total. The zero-order valence-corrected chi connectivity index (χ0v) is 16.6. The number of fused-ring (bicyclic) bond motifs is 1. The zero-order chi connectivity index (χ0) is 17.8. The summed E-state index contributed by atoms with van der Waals surface area (Å²) < 4.78 is 5.33. The maximum absolute atomic E-state index is 12.2. The first-order valence-corrected chi connectivity index (χ1v) is 10.3. The Balaban J connectivity index is 1.54. The first-order chi connectivity index (χ1) is 12.0. The first-order valence-electron chi connectivity index (χ1n) is 8.48. The normalized spacial score (nSPS) is 15.6. The summed E-state index contributed by atoms with van der Waals surface area (Å²) in [6.45, 7) is 11.1. The maximum Gasteiger partial charge on any atom is 0.230 e. The zero-order valence-electron chi connectivity index (χ0n) is 14.9. The molecule has 1 saturated heterocycles. The van der Waals surface area contributed by atoms with Crippen LogP contribution in [0.1, 0.15) is 16.3 Å². The van der Waals surface area contributed by atoms with E-state index in [1.54, 1.807) is 11.3 Å². The summed E-state index contributed by atoms with van der Waals surface area (Å²) in [7, 11) is 0. The molecule has 0 atom stereocenters. The molecule has 0 aliphatic carbocycles. The lowest BCUT2D eigenvalue weighted by molar-refractivity contribution is -0.118. The van der Waals surface area contributed by atoms with Crippen molar-refractivity contribution in [2.24, 2.45) is 0 Å². The molecule has 0 saturated carbocycles. The Hall–Kier alpha value is -1.22. The minimum atomic E-state index is 0.0484. The number of amides is 1. The van der Waals surface area contributed by atoms with E-state index in [0.717, 1.165) is 53.9 Å². The van der Waals surface area contributed by atoms with Gasteiger partial charge in [0.15, 0.2) is 0 Å². The number of morpholine rings is 1. The summed E-state index contributed by atoms with van der Waals surface area (Å²) in [6, 6.07) is 0. The van der Waals surface area contributed by atoms with Gasteiger partial charge in [-0.25, -0.2) is 9.97 Å². The Morgan fingerprint density at radius 3 is 2.80 bits per heavy atom. The van der Waals surface area contributed by atoms with Gasteiger partial charge >= 0.3 is 0 Å². The fourth-order valence-electron chi connectivity index (χ4n) is 2.78. The molecule has 1 aliphatic rings. The molecular formula is C17H24N4O2S2. The molecule has 136 valence electrons. The number of nitrogens with one attached hydrogen (secondary N) is 1. The number of thioether (sulfide) groups is 1. The number of aryl methyl sites for hydroxylation is 3. The molecule has 0 spiro atoms. The molecule has 1 aliphatic heterocycles. The SMILES string of the molecule is Cc1nc(SCC(=O)NCCN2CCOCC2)c2c(C)c(C)sc2n1. The van der Waals surface area contributed by atoms with E-state index in [4.69, 9.17) is 4.74 Å². The van der Waals surface area contributed by atoms with Gasteiger partial charge in [-0.3, -0.25) is 9.69 Å². The van der Waals surface area contributed by atoms with Crippen LogP contribution in [0.2, 0.25) is 0 Å². The van der Waals surface area contributed by atoms with Gasteiger partial charge in [-0.1, -0.05) is 11.8 Å². The number of aromatic nitrogens is 2. The Morgan fingerprint density at radius 1 is 1.28 bits per heavy atom. The van der Waals surface area contributed by atoms with E-state index in [9.17, 15) is 4.79 Å². The Labute approximate surface area is 156 Å². The van der Waals surface area contributed by atoms with Gasteiger partial charge < -0.3 is 10.1 Å². The van der Waals surface area contributed by atoms with Crippen molar-refractivity contribution in [1.29, 1.82) is 0 Å². The highest BCUT2D eigenvalue weighted by Crippen LogP contribution is 2.34. The van der Waals surface area contributed by atoms with Crippen molar-refractivity contribution in [3.05, 3.63) is 16.3 Å². The molecule has 3 heterocycles. The van der Waals surface area contributed by atoms with Crippen LogP contribution in [0.25, 0.3) is 10.2 Å². The molecule has 0 radical (unpaired) electrons. The number of carbonyl (C=O) groups excluding carboxylic acids is 1. The van der Waals surface area contributed by atoms with E-state index in [0.29, 0.717) is 12.3 Å². The van der Waals surface area contributed by atoms with Crippen LogP contribution in [0.4, 0.5) is 0 Å². The molecule has 1 amide bonds. The van der Waals surface area contributed by atoms with Crippen LogP contribution < -0.4 is 5.32 Å². The fourth-order valence-corrected chi connectivity index (χ4v) is 4.88. The van der Waals surface area contributed by atoms with Gasteiger partial charge in [-0.2, -0.15) is 0 Å². The van der Waals surface area contributed by atoms with E-state index < -0.39 is 0 Å². The van der Waals surface area contributed by atoms with E-state index in [2.05, 4.69) is 34.0 Å². The number of thiophene rings is 1. The average Bonchev–Trinajstić information content (AvgIpc) is 2.88. The van der Waals surface area contributed by atoms with Gasteiger partial charge in [-0.05, 0) is 26.3 Å². The van der Waals surface area contributed by atoms with E-state index in [1.807, 2.05) is 6.92 Å². The Bertz CT molecular complexity index is 757. The molecule has 0 bridgehead atoms. The van der Waals surface area contributed by atoms with Crippen molar-refractivity contribution in [1.82, 2.24) is 20.2 Å². The molecule has 3 rings (SSSR count). The van der Waals surface area contributed by atoms with Gasteiger partial charge in [0.1, 0.15) is 15.7 Å². The highest BCUT2D eigenvalue weighted by atomic mass is 32.2. The lowest BCUT2D eigenvalue weighted by atomic mass is 10.2. The van der Waals surface area contributed by atoms with E-state index in [-0.39, 0.29) is 5.91 Å². The number of hydrogen-bond donors (Lipinski definition) is 1. The van der Waals surface area contributed by atoms with E-state index >= 15 is 0 Å². The molecule has 0 aromatic carbocycles. The highest BCUT2D eigenvalue weighted by Gasteiger charge is 2.15. The second-order valence-electron chi connectivity index (χ2n) is 6.13. The third-order valence-electron chi connectivity index (χ3n) is 4.30. The summed E-state index contributed by atoms with van der Waals surface area (Å²) in [5, 5.41) is 5.01. The second-order valence-corrected chi connectivity index (χ2v) is 8.30. The quantitative estimate of drug-likeness (QED) is 0.612. The van der Waals surface area contributed by atoms with Crippen molar-refractivity contribution in [3.63, 3.8) is 0 Å². The minimum Gasteiger partial charge on any atom is -0.379 e. The number of nitrogens with zero attached hydrogens (tertiary/aromatic N) is 3. The largest absolute Gasteiger partial charge is 0.379 e. The summed E-state index contributed by atoms with van der Waals surface area (Å²) >= 11 is 3.19. The number of hydrogen-bond acceptors (Lipinski definition) is 7. The number of ether oxygens (including phenoxy) is 1. The third kappa shape index (κ3) is 4.69. The van der Waals surface area contributed by atoms with Crippen LogP contribution in [0.5, 0.6) is 0 Å². The first kappa shape index (κ1) is 18.6. The summed E-state index contributed by atoms with van der Waals surface area (Å²) in [5.74, 6) is 1.18. The molecule has 25 heavy (non-hydrogen) atoms. The van der Waals surface area contributed by atoms with E-state index in [1.165, 1.54) is 22.2 Å². The standard InChI is InChI=1S/C17H24N4O2S2/c1-11-12(2)25-17-15(11)16(19-13(3)20-17)24-10-14(22)18-4-5-21-6-8-23-9-7-21/h4-10H2,1-3H3,(H,18,22). The predicted molar refractivity (Wildman–Crippen MR) is 103 cm³/mol. The smallest absolute Gasteiger partial charge is 0.230 e. The lowest BCUT2D eigenvalue weighted by Gasteiger charge is -2.26. The molecule has 0 unspecified atom stereocenters. The molecule has 1 fully saturated rings. The van der Waals surface area contributed by atoms with Crippen LogP contribution in [0, 0.1) is 20.8 Å². The monoisotopic (exact) mass is 380 g/mol. The molecule has 6 nitrogen and oxygen atoms in total. The molecule has 2 aromatic heterocycles. The minimum absolute atomic E-state index is 0.0484. The third-order valence-corrected chi connectivity index (χ3v) is 6.38. The van der Waals surface area contributed by atoms with Crippen LogP contribution >= 0.6 is 23.1 Å². The maximum atomic E-state index is 12.2. The Morgan fingerprint density at radius 2 is 2.04 bits per heavy atom. The second kappa shape index (κ2) is 8.44. The number of carbonyl (C=O) groups is 1. The Kier molecular flexibility index (Phi) is 6.27. The van der Waals surface area contributed by atoms with Crippen LogP contribution in [-0.2, 0) is 9.53 Å². The van der Waals surface area contributed by atoms with Gasteiger partial charge in [0.25, 0.3) is 0 Å². The highest BCUT2D eigenvalue weighted by molar-refractivity contribution is 8.00.